The summed E-state index contributed by atoms with van der Waals surface area (Å²) < 4.78 is 0. The number of benzene rings is 1. The first kappa shape index (κ1) is 11.8. The normalized spacial score (nSPS) is 11.9. The quantitative estimate of drug-likeness (QED) is 0.738. The highest BCUT2D eigenvalue weighted by atomic mass is 16.2. The molecule has 0 spiro atoms. The van der Waals surface area contributed by atoms with Crippen LogP contribution in [0.1, 0.15) is 35.6 Å². The molecule has 0 saturated carbocycles. The summed E-state index contributed by atoms with van der Waals surface area (Å²) in [5.74, 6) is 0. The van der Waals surface area contributed by atoms with E-state index in [1.165, 1.54) is 28.5 Å². The van der Waals surface area contributed by atoms with Crippen molar-refractivity contribution in [3.63, 3.8) is 0 Å². The Morgan fingerprint density at radius 1 is 1.13 bits per heavy atom. The number of aliphatic hydroxyl groups excluding tert-OH is 1. The van der Waals surface area contributed by atoms with E-state index in [0.29, 0.717) is 0 Å². The molecule has 1 N–H and O–H groups in total. The van der Waals surface area contributed by atoms with Gasteiger partial charge in [0.25, 0.3) is 0 Å². The van der Waals surface area contributed by atoms with E-state index in [2.05, 4.69) is 32.9 Å². The summed E-state index contributed by atoms with van der Waals surface area (Å²) in [5.41, 5.74) is 6.47. The maximum absolute atomic E-state index is 8.82. The van der Waals surface area contributed by atoms with Gasteiger partial charge in [-0.05, 0) is 68.4 Å². The van der Waals surface area contributed by atoms with Crippen molar-refractivity contribution in [2.24, 2.45) is 0 Å². The molecule has 0 aromatic heterocycles. The van der Waals surface area contributed by atoms with Gasteiger partial charge in [0.05, 0.1) is 6.26 Å². The third-order valence-corrected chi connectivity index (χ3v) is 2.96. The molecule has 1 rings (SSSR count). The van der Waals surface area contributed by atoms with Crippen LogP contribution >= 0.6 is 0 Å². The summed E-state index contributed by atoms with van der Waals surface area (Å²) in [5, 5.41) is 8.82. The van der Waals surface area contributed by atoms with Crippen LogP contribution < -0.4 is 0 Å². The van der Waals surface area contributed by atoms with Crippen LogP contribution in [0.3, 0.4) is 0 Å². The smallest absolute Gasteiger partial charge is 0.0780 e. The van der Waals surface area contributed by atoms with Gasteiger partial charge in [0.1, 0.15) is 0 Å². The third-order valence-electron chi connectivity index (χ3n) is 2.96. The van der Waals surface area contributed by atoms with Crippen LogP contribution in [-0.2, 0) is 6.42 Å². The minimum absolute atomic E-state index is 0.930. The lowest BCUT2D eigenvalue weighted by Gasteiger charge is -2.09. The van der Waals surface area contributed by atoms with Crippen molar-refractivity contribution >= 4 is 0 Å². The fourth-order valence-corrected chi connectivity index (χ4v) is 1.69. The zero-order valence-corrected chi connectivity index (χ0v) is 10.1. The number of allylic oxidation sites excluding steroid dienone is 1. The van der Waals surface area contributed by atoms with Crippen molar-refractivity contribution in [1.82, 2.24) is 0 Å². The molecule has 0 aliphatic rings. The van der Waals surface area contributed by atoms with Crippen molar-refractivity contribution in [2.75, 3.05) is 0 Å². The van der Waals surface area contributed by atoms with Crippen molar-refractivity contribution in [1.29, 1.82) is 0 Å². The van der Waals surface area contributed by atoms with Crippen molar-refractivity contribution in [3.05, 3.63) is 46.2 Å². The van der Waals surface area contributed by atoms with Crippen LogP contribution in [0.2, 0.25) is 0 Å². The molecule has 0 radical (unpaired) electrons. The Morgan fingerprint density at radius 3 is 2.33 bits per heavy atom. The molecule has 0 unspecified atom stereocenters. The van der Waals surface area contributed by atoms with Gasteiger partial charge >= 0.3 is 0 Å². The van der Waals surface area contributed by atoms with Gasteiger partial charge in [0, 0.05) is 0 Å². The van der Waals surface area contributed by atoms with E-state index in [1.807, 2.05) is 6.92 Å². The lowest BCUT2D eigenvalue weighted by atomic mass is 9.96. The summed E-state index contributed by atoms with van der Waals surface area (Å²) >= 11 is 0. The van der Waals surface area contributed by atoms with Gasteiger partial charge in [-0.1, -0.05) is 12.1 Å². The van der Waals surface area contributed by atoms with Gasteiger partial charge in [0.2, 0.25) is 0 Å². The Bertz CT molecular complexity index is 375. The number of aliphatic hydroxyl groups is 1. The van der Waals surface area contributed by atoms with Gasteiger partial charge in [-0.15, -0.1) is 0 Å². The Hall–Kier alpha value is -1.24. The molecule has 1 heteroatoms. The molecule has 0 heterocycles. The number of rotatable bonds is 3. The number of aryl methyl sites for hydroxylation is 4. The monoisotopic (exact) mass is 204 g/mol. The Morgan fingerprint density at radius 2 is 1.73 bits per heavy atom. The SMILES string of the molecule is CC(=CO)CCc1cc(C)c(C)cc1C. The number of hydrogen-bond donors (Lipinski definition) is 1. The second-order valence-electron chi connectivity index (χ2n) is 4.34. The highest BCUT2D eigenvalue weighted by Crippen LogP contribution is 2.18. The highest BCUT2D eigenvalue weighted by molar-refractivity contribution is 5.36. The molecular weight excluding hydrogens is 184 g/mol. The maximum atomic E-state index is 8.82. The van der Waals surface area contributed by atoms with Gasteiger partial charge in [-0.2, -0.15) is 0 Å². The molecule has 0 aliphatic carbocycles. The van der Waals surface area contributed by atoms with E-state index in [4.69, 9.17) is 5.11 Å². The topological polar surface area (TPSA) is 20.2 Å². The second kappa shape index (κ2) is 5.01. The zero-order chi connectivity index (χ0) is 11.4. The average molecular weight is 204 g/mol. The standard InChI is InChI=1S/C14H20O/c1-10(9-15)5-6-14-8-12(3)11(2)7-13(14)4/h7-9,15H,5-6H2,1-4H3. The van der Waals surface area contributed by atoms with E-state index < -0.39 is 0 Å². The predicted molar refractivity (Wildman–Crippen MR) is 65.4 cm³/mol. The van der Waals surface area contributed by atoms with Crippen molar-refractivity contribution < 1.29 is 5.11 Å². The fourth-order valence-electron chi connectivity index (χ4n) is 1.69. The summed E-state index contributed by atoms with van der Waals surface area (Å²) in [6.45, 7) is 8.40. The molecule has 1 aromatic rings. The molecule has 0 atom stereocenters. The molecule has 0 aliphatic heterocycles. The van der Waals surface area contributed by atoms with Crippen molar-refractivity contribution in [2.45, 2.75) is 40.5 Å². The molecule has 0 saturated heterocycles. The predicted octanol–water partition coefficient (Wildman–Crippen LogP) is 4.01. The minimum atomic E-state index is 0.930. The first-order valence-electron chi connectivity index (χ1n) is 5.41. The van der Waals surface area contributed by atoms with Crippen LogP contribution in [0.4, 0.5) is 0 Å². The molecule has 0 fully saturated rings. The van der Waals surface area contributed by atoms with Crippen LogP contribution in [-0.4, -0.2) is 5.11 Å². The van der Waals surface area contributed by atoms with Gasteiger partial charge < -0.3 is 5.11 Å². The molecule has 82 valence electrons. The van der Waals surface area contributed by atoms with Crippen molar-refractivity contribution in [3.8, 4) is 0 Å². The Labute approximate surface area is 92.5 Å². The maximum Gasteiger partial charge on any atom is 0.0780 e. The Balaban J connectivity index is 2.82. The summed E-state index contributed by atoms with van der Waals surface area (Å²) in [4.78, 5) is 0. The molecular formula is C14H20O. The van der Waals surface area contributed by atoms with E-state index in [-0.39, 0.29) is 0 Å². The first-order chi connectivity index (χ1) is 7.04. The van der Waals surface area contributed by atoms with Crippen LogP contribution in [0.25, 0.3) is 0 Å². The molecule has 15 heavy (non-hydrogen) atoms. The molecule has 0 amide bonds. The van der Waals surface area contributed by atoms with Crippen LogP contribution in [0.5, 0.6) is 0 Å². The number of hydrogen-bond acceptors (Lipinski definition) is 1. The summed E-state index contributed by atoms with van der Waals surface area (Å²) in [7, 11) is 0. The van der Waals surface area contributed by atoms with E-state index in [9.17, 15) is 0 Å². The van der Waals surface area contributed by atoms with Gasteiger partial charge in [-0.25, -0.2) is 0 Å². The first-order valence-corrected chi connectivity index (χ1v) is 5.41. The van der Waals surface area contributed by atoms with E-state index in [0.717, 1.165) is 18.4 Å². The van der Waals surface area contributed by atoms with Gasteiger partial charge in [-0.3, -0.25) is 0 Å². The Kier molecular flexibility index (Phi) is 3.96. The largest absolute Gasteiger partial charge is 0.516 e. The molecule has 1 aromatic carbocycles. The average Bonchev–Trinajstić information content (AvgIpc) is 2.21. The molecule has 1 nitrogen and oxygen atoms in total. The van der Waals surface area contributed by atoms with E-state index in [1.54, 1.807) is 0 Å². The third kappa shape index (κ3) is 3.12. The summed E-state index contributed by atoms with van der Waals surface area (Å²) in [6.07, 6.45) is 3.14. The lowest BCUT2D eigenvalue weighted by Crippen LogP contribution is -1.94. The zero-order valence-electron chi connectivity index (χ0n) is 10.1. The summed E-state index contributed by atoms with van der Waals surface area (Å²) in [6, 6.07) is 4.50. The van der Waals surface area contributed by atoms with Gasteiger partial charge in [0.15, 0.2) is 0 Å². The lowest BCUT2D eigenvalue weighted by molar-refractivity contribution is 0.464. The van der Waals surface area contributed by atoms with E-state index >= 15 is 0 Å². The van der Waals surface area contributed by atoms with Crippen LogP contribution in [0, 0.1) is 20.8 Å². The highest BCUT2D eigenvalue weighted by Gasteiger charge is 2.02. The fraction of sp³-hybridized carbons (Fsp3) is 0.429. The second-order valence-corrected chi connectivity index (χ2v) is 4.34. The molecule has 0 bridgehead atoms. The van der Waals surface area contributed by atoms with Crippen LogP contribution in [0.15, 0.2) is 24.0 Å². The minimum Gasteiger partial charge on any atom is -0.516 e.